The summed E-state index contributed by atoms with van der Waals surface area (Å²) >= 11 is 1.79. The Bertz CT molecular complexity index is 456. The highest BCUT2D eigenvalue weighted by molar-refractivity contribution is 14.1. The molecule has 0 radical (unpaired) electrons. The fourth-order valence-electron chi connectivity index (χ4n) is 1.12. The standard InChI is InChI=1S/C9H6INO4/c1-5(13)7-2-6(11(14)15)3-9(10)8(7)4-12/h2-4H,1H3. The zero-order valence-corrected chi connectivity index (χ0v) is 9.85. The second kappa shape index (κ2) is 4.47. The number of hydrogen-bond donors (Lipinski definition) is 0. The first-order valence-electron chi connectivity index (χ1n) is 3.91. The van der Waals surface area contributed by atoms with Gasteiger partial charge in [-0.3, -0.25) is 19.7 Å². The number of aldehydes is 1. The highest BCUT2D eigenvalue weighted by Gasteiger charge is 2.17. The van der Waals surface area contributed by atoms with Crippen LogP contribution in [0.2, 0.25) is 0 Å². The van der Waals surface area contributed by atoms with Crippen molar-refractivity contribution in [2.75, 3.05) is 0 Å². The van der Waals surface area contributed by atoms with Crippen LogP contribution in [0, 0.1) is 13.7 Å². The van der Waals surface area contributed by atoms with Crippen LogP contribution in [0.3, 0.4) is 0 Å². The van der Waals surface area contributed by atoms with E-state index in [1.807, 2.05) is 0 Å². The summed E-state index contributed by atoms with van der Waals surface area (Å²) in [4.78, 5) is 31.8. The van der Waals surface area contributed by atoms with Gasteiger partial charge in [0.1, 0.15) is 0 Å². The lowest BCUT2D eigenvalue weighted by Gasteiger charge is -2.03. The number of Topliss-reactive ketones (excluding diaryl/α,β-unsaturated/α-hetero) is 1. The molecule has 0 fully saturated rings. The average Bonchev–Trinajstić information content (AvgIpc) is 2.16. The van der Waals surface area contributed by atoms with E-state index in [1.165, 1.54) is 13.0 Å². The molecule has 0 aliphatic rings. The molecule has 0 aliphatic carbocycles. The topological polar surface area (TPSA) is 77.3 Å². The third kappa shape index (κ3) is 2.38. The maximum atomic E-state index is 11.2. The van der Waals surface area contributed by atoms with Crippen molar-refractivity contribution in [1.29, 1.82) is 0 Å². The second-order valence-corrected chi connectivity index (χ2v) is 3.98. The van der Waals surface area contributed by atoms with Gasteiger partial charge in [0.15, 0.2) is 12.1 Å². The number of carbonyl (C=O) groups is 2. The van der Waals surface area contributed by atoms with E-state index < -0.39 is 4.92 Å². The van der Waals surface area contributed by atoms with E-state index in [0.717, 1.165) is 6.07 Å². The largest absolute Gasteiger partial charge is 0.298 e. The summed E-state index contributed by atoms with van der Waals surface area (Å²) in [5.74, 6) is -0.362. The summed E-state index contributed by atoms with van der Waals surface area (Å²) in [6.45, 7) is 1.27. The molecule has 0 saturated carbocycles. The second-order valence-electron chi connectivity index (χ2n) is 2.82. The van der Waals surface area contributed by atoms with Crippen LogP contribution in [0.5, 0.6) is 0 Å². The lowest BCUT2D eigenvalue weighted by atomic mass is 10.0. The maximum absolute atomic E-state index is 11.2. The van der Waals surface area contributed by atoms with Crippen molar-refractivity contribution in [3.8, 4) is 0 Å². The predicted octanol–water partition coefficient (Wildman–Crippen LogP) is 2.21. The maximum Gasteiger partial charge on any atom is 0.271 e. The molecule has 0 spiro atoms. The number of benzene rings is 1. The Balaban J connectivity index is 3.52. The minimum atomic E-state index is -0.594. The molecule has 0 heterocycles. The first-order valence-corrected chi connectivity index (χ1v) is 4.99. The van der Waals surface area contributed by atoms with Crippen LogP contribution in [-0.4, -0.2) is 17.0 Å². The van der Waals surface area contributed by atoms with Crippen molar-refractivity contribution in [2.24, 2.45) is 0 Å². The van der Waals surface area contributed by atoms with Gasteiger partial charge in [-0.1, -0.05) is 0 Å². The molecule has 0 bridgehead atoms. The third-order valence-corrected chi connectivity index (χ3v) is 2.71. The smallest absolute Gasteiger partial charge is 0.271 e. The lowest BCUT2D eigenvalue weighted by Crippen LogP contribution is -2.03. The monoisotopic (exact) mass is 319 g/mol. The Morgan fingerprint density at radius 3 is 2.53 bits per heavy atom. The van der Waals surface area contributed by atoms with Gasteiger partial charge < -0.3 is 0 Å². The summed E-state index contributed by atoms with van der Waals surface area (Å²) in [5.41, 5.74) is 0.104. The first-order chi connectivity index (χ1) is 6.97. The molecule has 1 rings (SSSR count). The van der Waals surface area contributed by atoms with Crippen molar-refractivity contribution in [3.63, 3.8) is 0 Å². The summed E-state index contributed by atoms with van der Waals surface area (Å²) in [6.07, 6.45) is 0.530. The average molecular weight is 319 g/mol. The van der Waals surface area contributed by atoms with E-state index in [-0.39, 0.29) is 22.6 Å². The molecule has 0 unspecified atom stereocenters. The number of halogens is 1. The Kier molecular flexibility index (Phi) is 3.51. The molecule has 1 aromatic rings. The summed E-state index contributed by atoms with van der Waals surface area (Å²) in [6, 6.07) is 2.38. The van der Waals surface area contributed by atoms with Gasteiger partial charge in [0, 0.05) is 26.8 Å². The molecule has 6 heteroatoms. The Labute approximate surface area is 98.8 Å². The minimum absolute atomic E-state index is 0.0867. The lowest BCUT2D eigenvalue weighted by molar-refractivity contribution is -0.385. The van der Waals surface area contributed by atoms with Crippen LogP contribution in [0.25, 0.3) is 0 Å². The molecule has 5 nitrogen and oxygen atoms in total. The number of non-ortho nitro benzene ring substituents is 1. The SMILES string of the molecule is CC(=O)c1cc([N+](=O)[O-])cc(I)c1C=O. The van der Waals surface area contributed by atoms with E-state index in [4.69, 9.17) is 0 Å². The minimum Gasteiger partial charge on any atom is -0.298 e. The van der Waals surface area contributed by atoms with Gasteiger partial charge >= 0.3 is 0 Å². The number of ketones is 1. The van der Waals surface area contributed by atoms with E-state index in [2.05, 4.69) is 0 Å². The highest BCUT2D eigenvalue weighted by atomic mass is 127. The Morgan fingerprint density at radius 2 is 2.13 bits per heavy atom. The van der Waals surface area contributed by atoms with Gasteiger partial charge in [0.2, 0.25) is 0 Å². The molecular weight excluding hydrogens is 313 g/mol. The van der Waals surface area contributed by atoms with E-state index in [9.17, 15) is 19.7 Å². The molecule has 0 aliphatic heterocycles. The van der Waals surface area contributed by atoms with Gasteiger partial charge in [0.05, 0.1) is 4.92 Å². The van der Waals surface area contributed by atoms with Gasteiger partial charge in [-0.2, -0.15) is 0 Å². The van der Waals surface area contributed by atoms with Crippen molar-refractivity contribution < 1.29 is 14.5 Å². The number of nitro groups is 1. The quantitative estimate of drug-likeness (QED) is 0.281. The van der Waals surface area contributed by atoms with Gasteiger partial charge in [0.25, 0.3) is 5.69 Å². The molecule has 0 N–H and O–H groups in total. The molecule has 0 atom stereocenters. The molecule has 0 saturated heterocycles. The zero-order valence-electron chi connectivity index (χ0n) is 7.69. The van der Waals surface area contributed by atoms with Crippen LogP contribution in [0.1, 0.15) is 27.6 Å². The molecule has 15 heavy (non-hydrogen) atoms. The Morgan fingerprint density at radius 1 is 1.53 bits per heavy atom. The molecule has 0 amide bonds. The van der Waals surface area contributed by atoms with E-state index in [0.29, 0.717) is 9.86 Å². The third-order valence-electron chi connectivity index (χ3n) is 1.82. The number of rotatable bonds is 3. The van der Waals surface area contributed by atoms with Crippen LogP contribution < -0.4 is 0 Å². The van der Waals surface area contributed by atoms with Gasteiger partial charge in [-0.15, -0.1) is 0 Å². The molecular formula is C9H6INO4. The normalized spacial score (nSPS) is 9.73. The van der Waals surface area contributed by atoms with Crippen molar-refractivity contribution >= 4 is 40.3 Å². The number of nitro benzene ring substituents is 1. The van der Waals surface area contributed by atoms with Crippen molar-refractivity contribution in [3.05, 3.63) is 36.9 Å². The van der Waals surface area contributed by atoms with Gasteiger partial charge in [-0.05, 0) is 29.5 Å². The summed E-state index contributed by atoms with van der Waals surface area (Å²) in [5, 5.41) is 10.5. The van der Waals surface area contributed by atoms with E-state index in [1.54, 1.807) is 22.6 Å². The van der Waals surface area contributed by atoms with Crippen LogP contribution in [0.15, 0.2) is 12.1 Å². The van der Waals surface area contributed by atoms with Crippen LogP contribution in [0.4, 0.5) is 5.69 Å². The Hall–Kier alpha value is -1.31. The van der Waals surface area contributed by atoms with Crippen molar-refractivity contribution in [2.45, 2.75) is 6.92 Å². The fourth-order valence-corrected chi connectivity index (χ4v) is 1.86. The van der Waals surface area contributed by atoms with Crippen molar-refractivity contribution in [1.82, 2.24) is 0 Å². The zero-order chi connectivity index (χ0) is 11.6. The summed E-state index contributed by atoms with van der Waals surface area (Å²) < 4.78 is 0.405. The number of carbonyl (C=O) groups excluding carboxylic acids is 2. The number of hydrogen-bond acceptors (Lipinski definition) is 4. The highest BCUT2D eigenvalue weighted by Crippen LogP contribution is 2.23. The van der Waals surface area contributed by atoms with Gasteiger partial charge in [-0.25, -0.2) is 0 Å². The number of nitrogens with zero attached hydrogens (tertiary/aromatic N) is 1. The predicted molar refractivity (Wildman–Crippen MR) is 61.2 cm³/mol. The molecule has 78 valence electrons. The summed E-state index contributed by atoms with van der Waals surface area (Å²) in [7, 11) is 0. The van der Waals surface area contributed by atoms with Crippen LogP contribution >= 0.6 is 22.6 Å². The van der Waals surface area contributed by atoms with E-state index >= 15 is 0 Å². The molecule has 1 aromatic carbocycles. The molecule has 0 aromatic heterocycles. The van der Waals surface area contributed by atoms with Crippen LogP contribution in [-0.2, 0) is 0 Å². The first kappa shape index (κ1) is 11.8. The fraction of sp³-hybridized carbons (Fsp3) is 0.111.